The topological polar surface area (TPSA) is 20.2 Å². The Bertz CT molecular complexity index is 1250. The van der Waals surface area contributed by atoms with Crippen molar-refractivity contribution in [1.29, 1.82) is 0 Å². The van der Waals surface area contributed by atoms with Crippen molar-refractivity contribution in [3.05, 3.63) is 130 Å². The standard InChI is InChI=1S/C40H56O/c1-30(18-13-20-32(3)23-25-37-34(5)22-15-27-39(37,7)8)16-11-12-17-31(2)19-14-21-33(4)24-26-38-35(6)28-36(41)29-40(38,9)10/h11-14,16-21,23-26,36,41H,15,22,27-29H2,1-10H3/t36-/m1/s1. The highest BCUT2D eigenvalue weighted by Gasteiger charge is 2.31. The van der Waals surface area contributed by atoms with E-state index in [1.807, 2.05) is 0 Å². The Balaban J connectivity index is 1.90. The zero-order valence-corrected chi connectivity index (χ0v) is 27.6. The van der Waals surface area contributed by atoms with Crippen LogP contribution in [0.5, 0.6) is 0 Å². The maximum absolute atomic E-state index is 10.1. The van der Waals surface area contributed by atoms with Gasteiger partial charge in [0.15, 0.2) is 0 Å². The maximum Gasteiger partial charge on any atom is 0.0585 e. The second kappa shape index (κ2) is 15.9. The van der Waals surface area contributed by atoms with Crippen LogP contribution in [0.15, 0.2) is 130 Å². The van der Waals surface area contributed by atoms with Gasteiger partial charge in [0.2, 0.25) is 0 Å². The lowest BCUT2D eigenvalue weighted by atomic mass is 9.71. The lowest BCUT2D eigenvalue weighted by Crippen LogP contribution is -2.28. The van der Waals surface area contributed by atoms with Crippen LogP contribution in [0.4, 0.5) is 0 Å². The van der Waals surface area contributed by atoms with Gasteiger partial charge in [-0.15, -0.1) is 0 Å². The predicted octanol–water partition coefficient (Wildman–Crippen LogP) is 11.6. The molecular weight excluding hydrogens is 496 g/mol. The Morgan fingerprint density at radius 3 is 1.54 bits per heavy atom. The van der Waals surface area contributed by atoms with Crippen LogP contribution in [-0.4, -0.2) is 11.2 Å². The van der Waals surface area contributed by atoms with E-state index in [1.54, 1.807) is 5.57 Å². The second-order valence-corrected chi connectivity index (χ2v) is 13.5. The molecule has 0 bridgehead atoms. The molecule has 0 aromatic carbocycles. The fourth-order valence-corrected chi connectivity index (χ4v) is 5.96. The zero-order valence-electron chi connectivity index (χ0n) is 27.6. The number of aliphatic hydroxyl groups is 1. The maximum atomic E-state index is 10.1. The van der Waals surface area contributed by atoms with E-state index in [4.69, 9.17) is 0 Å². The summed E-state index contributed by atoms with van der Waals surface area (Å²) in [6.45, 7) is 22.2. The Kier molecular flexibility index (Phi) is 13.3. The van der Waals surface area contributed by atoms with Gasteiger partial charge in [-0.1, -0.05) is 146 Å². The number of aliphatic hydroxyl groups excluding tert-OH is 1. The smallest absolute Gasteiger partial charge is 0.0585 e. The zero-order chi connectivity index (χ0) is 30.6. The van der Waals surface area contributed by atoms with Crippen molar-refractivity contribution in [3.8, 4) is 0 Å². The van der Waals surface area contributed by atoms with Gasteiger partial charge in [-0.25, -0.2) is 0 Å². The fourth-order valence-electron chi connectivity index (χ4n) is 5.96. The van der Waals surface area contributed by atoms with E-state index >= 15 is 0 Å². The molecule has 0 saturated heterocycles. The van der Waals surface area contributed by atoms with E-state index in [0.717, 1.165) is 12.8 Å². The summed E-state index contributed by atoms with van der Waals surface area (Å²) in [6, 6.07) is 0. The third-order valence-electron chi connectivity index (χ3n) is 8.31. The summed E-state index contributed by atoms with van der Waals surface area (Å²) in [7, 11) is 0. The fraction of sp³-hybridized carbons (Fsp3) is 0.450. The van der Waals surface area contributed by atoms with Gasteiger partial charge in [0.25, 0.3) is 0 Å². The monoisotopic (exact) mass is 552 g/mol. The molecule has 2 aliphatic carbocycles. The average Bonchev–Trinajstić information content (AvgIpc) is 2.84. The van der Waals surface area contributed by atoms with Crippen molar-refractivity contribution < 1.29 is 5.11 Å². The van der Waals surface area contributed by atoms with Crippen LogP contribution in [0.3, 0.4) is 0 Å². The SMILES string of the molecule is CC(C=CC=C(C)C=CC1=C(C)CCCC1(C)C)=CC=CC=C(C)C=CC=C(C)C=CC1=C(C)C[C@@H](O)CC1(C)C. The molecule has 1 nitrogen and oxygen atoms in total. The van der Waals surface area contributed by atoms with Crippen molar-refractivity contribution in [2.24, 2.45) is 10.8 Å². The van der Waals surface area contributed by atoms with Gasteiger partial charge in [-0.2, -0.15) is 0 Å². The number of hydrogen-bond donors (Lipinski definition) is 1. The molecule has 222 valence electrons. The molecule has 0 aromatic rings. The average molecular weight is 553 g/mol. The molecular formula is C40H56O. The minimum atomic E-state index is -0.220. The molecule has 0 radical (unpaired) electrons. The quantitative estimate of drug-likeness (QED) is 0.267. The lowest BCUT2D eigenvalue weighted by Gasteiger charge is -2.35. The van der Waals surface area contributed by atoms with E-state index < -0.39 is 0 Å². The molecule has 0 unspecified atom stereocenters. The molecule has 0 aliphatic heterocycles. The lowest BCUT2D eigenvalue weighted by molar-refractivity contribution is 0.116. The minimum absolute atomic E-state index is 0.0128. The molecule has 1 atom stereocenters. The van der Waals surface area contributed by atoms with Gasteiger partial charge in [-0.05, 0) is 95.6 Å². The molecule has 2 aliphatic rings. The molecule has 0 amide bonds. The van der Waals surface area contributed by atoms with Crippen LogP contribution < -0.4 is 0 Å². The van der Waals surface area contributed by atoms with Gasteiger partial charge in [0, 0.05) is 0 Å². The van der Waals surface area contributed by atoms with Gasteiger partial charge in [-0.3, -0.25) is 0 Å². The largest absolute Gasteiger partial charge is 0.393 e. The molecule has 2 rings (SSSR count). The van der Waals surface area contributed by atoms with Crippen molar-refractivity contribution in [2.45, 2.75) is 107 Å². The molecule has 1 N–H and O–H groups in total. The van der Waals surface area contributed by atoms with Crippen molar-refractivity contribution >= 4 is 0 Å². The summed E-state index contributed by atoms with van der Waals surface area (Å²) < 4.78 is 0. The number of allylic oxidation sites excluding steroid dienone is 21. The van der Waals surface area contributed by atoms with Gasteiger partial charge >= 0.3 is 0 Å². The normalized spacial score (nSPS) is 23.5. The van der Waals surface area contributed by atoms with Gasteiger partial charge < -0.3 is 5.11 Å². The van der Waals surface area contributed by atoms with E-state index in [1.165, 1.54) is 58.3 Å². The minimum Gasteiger partial charge on any atom is -0.393 e. The van der Waals surface area contributed by atoms with Crippen LogP contribution in [0.1, 0.15) is 101 Å². The molecule has 0 heterocycles. The highest BCUT2D eigenvalue weighted by molar-refractivity contribution is 5.39. The Labute approximate surface area is 252 Å². The summed E-state index contributed by atoms with van der Waals surface area (Å²) in [5, 5.41) is 10.1. The molecule has 1 heteroatoms. The summed E-state index contributed by atoms with van der Waals surface area (Å²) in [4.78, 5) is 0. The number of hydrogen-bond acceptors (Lipinski definition) is 1. The summed E-state index contributed by atoms with van der Waals surface area (Å²) >= 11 is 0. The number of rotatable bonds is 10. The first-order valence-electron chi connectivity index (χ1n) is 15.4. The first-order valence-corrected chi connectivity index (χ1v) is 15.4. The highest BCUT2D eigenvalue weighted by Crippen LogP contribution is 2.42. The predicted molar refractivity (Wildman–Crippen MR) is 183 cm³/mol. The second-order valence-electron chi connectivity index (χ2n) is 13.5. The van der Waals surface area contributed by atoms with Crippen LogP contribution in [0, 0.1) is 10.8 Å². The molecule has 0 aromatic heterocycles. The Hall–Kier alpha value is -2.90. The third kappa shape index (κ3) is 11.9. The third-order valence-corrected chi connectivity index (χ3v) is 8.31. The molecule has 0 spiro atoms. The van der Waals surface area contributed by atoms with E-state index in [0.29, 0.717) is 0 Å². The molecule has 0 saturated carbocycles. The van der Waals surface area contributed by atoms with E-state index in [2.05, 4.69) is 154 Å². The van der Waals surface area contributed by atoms with E-state index in [9.17, 15) is 5.11 Å². The molecule has 0 fully saturated rings. The van der Waals surface area contributed by atoms with Crippen molar-refractivity contribution in [1.82, 2.24) is 0 Å². The molecule has 41 heavy (non-hydrogen) atoms. The van der Waals surface area contributed by atoms with Gasteiger partial charge in [0.05, 0.1) is 6.10 Å². The summed E-state index contributed by atoms with van der Waals surface area (Å²) in [5.41, 5.74) is 10.9. The summed E-state index contributed by atoms with van der Waals surface area (Å²) in [6.07, 6.45) is 35.5. The van der Waals surface area contributed by atoms with Crippen molar-refractivity contribution in [3.63, 3.8) is 0 Å². The van der Waals surface area contributed by atoms with Crippen LogP contribution in [-0.2, 0) is 0 Å². The first kappa shape index (κ1) is 34.3. The van der Waals surface area contributed by atoms with Gasteiger partial charge in [0.1, 0.15) is 0 Å². The van der Waals surface area contributed by atoms with E-state index in [-0.39, 0.29) is 16.9 Å². The first-order chi connectivity index (χ1) is 19.2. The Morgan fingerprint density at radius 2 is 1.07 bits per heavy atom. The van der Waals surface area contributed by atoms with Crippen LogP contribution in [0.25, 0.3) is 0 Å². The van der Waals surface area contributed by atoms with Crippen LogP contribution in [0.2, 0.25) is 0 Å². The van der Waals surface area contributed by atoms with Crippen LogP contribution >= 0.6 is 0 Å². The Morgan fingerprint density at radius 1 is 0.634 bits per heavy atom. The highest BCUT2D eigenvalue weighted by atomic mass is 16.3. The summed E-state index contributed by atoms with van der Waals surface area (Å²) in [5.74, 6) is 0. The van der Waals surface area contributed by atoms with Crippen molar-refractivity contribution in [2.75, 3.05) is 0 Å².